The van der Waals surface area contributed by atoms with Crippen LogP contribution in [-0.4, -0.2) is 34.5 Å². The van der Waals surface area contributed by atoms with Gasteiger partial charge in [0.1, 0.15) is 5.76 Å². The van der Waals surface area contributed by atoms with E-state index in [-0.39, 0.29) is 6.04 Å². The fraction of sp³-hybridized carbons (Fsp3) is 0.400. The van der Waals surface area contributed by atoms with Crippen LogP contribution in [0.5, 0.6) is 0 Å². The second kappa shape index (κ2) is 7.66. The molecule has 5 nitrogen and oxygen atoms in total. The molecule has 0 aromatic carbocycles. The van der Waals surface area contributed by atoms with E-state index in [0.29, 0.717) is 0 Å². The summed E-state index contributed by atoms with van der Waals surface area (Å²) in [6, 6.07) is 8.26. The molecule has 25 heavy (non-hydrogen) atoms. The molecule has 0 radical (unpaired) electrons. The van der Waals surface area contributed by atoms with E-state index in [2.05, 4.69) is 26.3 Å². The van der Waals surface area contributed by atoms with Gasteiger partial charge < -0.3 is 9.73 Å². The smallest absolute Gasteiger partial charge is 0.122 e. The minimum atomic E-state index is 0.229. The Bertz CT molecular complexity index is 789. The van der Waals surface area contributed by atoms with Gasteiger partial charge in [0.2, 0.25) is 0 Å². The molecule has 5 heteroatoms. The number of pyridine rings is 2. The quantitative estimate of drug-likeness (QED) is 0.755. The van der Waals surface area contributed by atoms with Gasteiger partial charge in [-0.2, -0.15) is 0 Å². The first-order valence-corrected chi connectivity index (χ1v) is 9.12. The number of aromatic nitrogens is 2. The van der Waals surface area contributed by atoms with E-state index in [9.17, 15) is 0 Å². The summed E-state index contributed by atoms with van der Waals surface area (Å²) in [4.78, 5) is 11.4. The molecular weight excluding hydrogens is 312 g/mol. The fourth-order valence-electron chi connectivity index (χ4n) is 3.63. The van der Waals surface area contributed by atoms with Crippen molar-refractivity contribution in [3.05, 3.63) is 54.9 Å². The van der Waals surface area contributed by atoms with Crippen molar-refractivity contribution in [3.8, 4) is 0 Å². The summed E-state index contributed by atoms with van der Waals surface area (Å²) in [6.45, 7) is 3.03. The van der Waals surface area contributed by atoms with Crippen molar-refractivity contribution >= 4 is 16.6 Å². The molecule has 1 atom stereocenters. The lowest BCUT2D eigenvalue weighted by Gasteiger charge is -2.29. The third-order valence-corrected chi connectivity index (χ3v) is 4.95. The highest BCUT2D eigenvalue weighted by Gasteiger charge is 2.23. The fourth-order valence-corrected chi connectivity index (χ4v) is 3.63. The van der Waals surface area contributed by atoms with Crippen molar-refractivity contribution in [2.24, 2.45) is 0 Å². The largest absolute Gasteiger partial charge is 0.468 e. The van der Waals surface area contributed by atoms with Crippen LogP contribution in [-0.2, 0) is 0 Å². The minimum absolute atomic E-state index is 0.229. The number of nitrogens with zero attached hydrogens (tertiary/aromatic N) is 3. The number of nitrogens with one attached hydrogen (secondary N) is 1. The van der Waals surface area contributed by atoms with E-state index in [1.54, 1.807) is 6.26 Å². The predicted octanol–water partition coefficient (Wildman–Crippen LogP) is 4.25. The Kier molecular flexibility index (Phi) is 4.93. The van der Waals surface area contributed by atoms with Crippen LogP contribution in [0.25, 0.3) is 10.9 Å². The third kappa shape index (κ3) is 3.66. The van der Waals surface area contributed by atoms with Crippen LogP contribution in [0.15, 0.2) is 53.5 Å². The van der Waals surface area contributed by atoms with Crippen LogP contribution < -0.4 is 5.32 Å². The topological polar surface area (TPSA) is 54.2 Å². The Labute approximate surface area is 148 Å². The number of hydrogen-bond donors (Lipinski definition) is 1. The summed E-state index contributed by atoms with van der Waals surface area (Å²) in [5.41, 5.74) is 1.94. The van der Waals surface area contributed by atoms with E-state index >= 15 is 0 Å². The van der Waals surface area contributed by atoms with E-state index in [4.69, 9.17) is 4.42 Å². The molecule has 3 aromatic heterocycles. The summed E-state index contributed by atoms with van der Waals surface area (Å²) in [5.74, 6) is 1.02. The monoisotopic (exact) mass is 336 g/mol. The second-order valence-electron chi connectivity index (χ2n) is 6.62. The summed E-state index contributed by atoms with van der Waals surface area (Å²) < 4.78 is 5.75. The Morgan fingerprint density at radius 2 is 1.96 bits per heavy atom. The van der Waals surface area contributed by atoms with Gasteiger partial charge >= 0.3 is 0 Å². The number of rotatable bonds is 5. The first-order valence-electron chi connectivity index (χ1n) is 9.12. The minimum Gasteiger partial charge on any atom is -0.468 e. The van der Waals surface area contributed by atoms with Crippen LogP contribution in [0.2, 0.25) is 0 Å². The molecule has 3 aromatic rings. The standard InChI is InChI=1S/C20H24N4O/c1-2-4-11-24(10-3-1)18(19-8-6-12-25-19)15-23-17-14-21-13-16-7-5-9-22-20(16)17/h5-9,12-14,18,23H,1-4,10-11,15H2. The lowest BCUT2D eigenvalue weighted by molar-refractivity contribution is 0.189. The molecule has 1 saturated heterocycles. The molecule has 0 bridgehead atoms. The molecule has 1 fully saturated rings. The summed E-state index contributed by atoms with van der Waals surface area (Å²) in [6.07, 6.45) is 12.5. The molecule has 0 aliphatic carbocycles. The molecule has 1 aliphatic rings. The molecule has 1 unspecified atom stereocenters. The van der Waals surface area contributed by atoms with Crippen LogP contribution in [0.3, 0.4) is 0 Å². The van der Waals surface area contributed by atoms with Gasteiger partial charge in [-0.25, -0.2) is 0 Å². The van der Waals surface area contributed by atoms with Crippen molar-refractivity contribution in [1.29, 1.82) is 0 Å². The highest BCUT2D eigenvalue weighted by molar-refractivity contribution is 5.88. The van der Waals surface area contributed by atoms with Crippen molar-refractivity contribution in [2.45, 2.75) is 31.7 Å². The maximum Gasteiger partial charge on any atom is 0.122 e. The van der Waals surface area contributed by atoms with Crippen LogP contribution >= 0.6 is 0 Å². The summed E-state index contributed by atoms with van der Waals surface area (Å²) in [5, 5.41) is 4.62. The summed E-state index contributed by atoms with van der Waals surface area (Å²) >= 11 is 0. The van der Waals surface area contributed by atoms with Gasteiger partial charge in [-0.05, 0) is 50.2 Å². The highest BCUT2D eigenvalue weighted by atomic mass is 16.3. The Balaban J connectivity index is 1.56. The van der Waals surface area contributed by atoms with Crippen molar-refractivity contribution < 1.29 is 4.42 Å². The second-order valence-corrected chi connectivity index (χ2v) is 6.62. The maximum atomic E-state index is 5.75. The Hall–Kier alpha value is -2.40. The van der Waals surface area contributed by atoms with E-state index in [1.165, 1.54) is 25.7 Å². The zero-order valence-corrected chi connectivity index (χ0v) is 14.4. The molecule has 1 N–H and O–H groups in total. The SMILES string of the molecule is c1coc(C(CNc2cncc3cccnc23)N2CCCCCC2)c1. The average Bonchev–Trinajstić information content (AvgIpc) is 3.05. The zero-order valence-electron chi connectivity index (χ0n) is 14.4. The average molecular weight is 336 g/mol. The van der Waals surface area contributed by atoms with Gasteiger partial charge in [0.15, 0.2) is 0 Å². The molecule has 1 aliphatic heterocycles. The van der Waals surface area contributed by atoms with Crippen LogP contribution in [0.4, 0.5) is 5.69 Å². The van der Waals surface area contributed by atoms with Gasteiger partial charge in [-0.1, -0.05) is 12.8 Å². The molecule has 0 spiro atoms. The zero-order chi connectivity index (χ0) is 16.9. The van der Waals surface area contributed by atoms with Crippen molar-refractivity contribution in [1.82, 2.24) is 14.9 Å². The number of furan rings is 1. The van der Waals surface area contributed by atoms with E-state index in [1.807, 2.05) is 36.8 Å². The first-order chi connectivity index (χ1) is 12.4. The lowest BCUT2D eigenvalue weighted by Crippen LogP contribution is -2.34. The predicted molar refractivity (Wildman–Crippen MR) is 99.5 cm³/mol. The van der Waals surface area contributed by atoms with E-state index < -0.39 is 0 Å². The van der Waals surface area contributed by atoms with Gasteiger partial charge in [-0.3, -0.25) is 14.9 Å². The summed E-state index contributed by atoms with van der Waals surface area (Å²) in [7, 11) is 0. The Morgan fingerprint density at radius 3 is 2.76 bits per heavy atom. The molecule has 0 amide bonds. The first kappa shape index (κ1) is 16.1. The molecule has 4 rings (SSSR count). The van der Waals surface area contributed by atoms with Gasteiger partial charge in [-0.15, -0.1) is 0 Å². The normalized spacial score (nSPS) is 17.3. The molecular formula is C20H24N4O. The van der Waals surface area contributed by atoms with Crippen LogP contribution in [0, 0.1) is 0 Å². The van der Waals surface area contributed by atoms with Crippen LogP contribution in [0.1, 0.15) is 37.5 Å². The highest BCUT2D eigenvalue weighted by Crippen LogP contribution is 2.26. The molecule has 4 heterocycles. The number of fused-ring (bicyclic) bond motifs is 1. The van der Waals surface area contributed by atoms with Crippen molar-refractivity contribution in [3.63, 3.8) is 0 Å². The number of hydrogen-bond acceptors (Lipinski definition) is 5. The molecule has 0 saturated carbocycles. The number of likely N-dealkylation sites (tertiary alicyclic amines) is 1. The van der Waals surface area contributed by atoms with Gasteiger partial charge in [0.25, 0.3) is 0 Å². The van der Waals surface area contributed by atoms with Gasteiger partial charge in [0.05, 0.1) is 29.7 Å². The van der Waals surface area contributed by atoms with Crippen molar-refractivity contribution in [2.75, 3.05) is 25.0 Å². The van der Waals surface area contributed by atoms with E-state index in [0.717, 1.165) is 42.0 Å². The van der Waals surface area contributed by atoms with Gasteiger partial charge in [0, 0.05) is 24.3 Å². The number of anilines is 1. The third-order valence-electron chi connectivity index (χ3n) is 4.95. The molecule has 130 valence electrons. The maximum absolute atomic E-state index is 5.75. The lowest BCUT2D eigenvalue weighted by atomic mass is 10.1. The Morgan fingerprint density at radius 1 is 1.08 bits per heavy atom.